The maximum absolute atomic E-state index is 13.0. The molecule has 4 N–H and O–H groups in total. The molecule has 1 aromatic rings. The standard InChI is InChI=1S/C23H33N3O5/c1-13(2)14-3-5-17-20(9-14)30-8-7-16-4-6-19(27)21(31-16)12-25-23(29)18-10-15(11-24-18)26-22(17)28/h3,5,9,13,15-16,18-19,21,24,27H,4,6-8,10-12H2,1-2H3,(H,25,29)(H,26,28)/t15-,16-,18-,19-,21+/m0/s1. The summed E-state index contributed by atoms with van der Waals surface area (Å²) in [7, 11) is 0. The summed E-state index contributed by atoms with van der Waals surface area (Å²) in [5, 5.41) is 19.4. The van der Waals surface area contributed by atoms with Crippen LogP contribution in [0.25, 0.3) is 0 Å². The first-order valence-corrected chi connectivity index (χ1v) is 11.3. The molecular formula is C23H33N3O5. The molecule has 2 fully saturated rings. The number of rotatable bonds is 1. The van der Waals surface area contributed by atoms with Crippen LogP contribution in [0.2, 0.25) is 0 Å². The van der Waals surface area contributed by atoms with Crippen molar-refractivity contribution in [1.82, 2.24) is 16.0 Å². The van der Waals surface area contributed by atoms with Gasteiger partial charge in [0.25, 0.3) is 5.91 Å². The van der Waals surface area contributed by atoms with Crippen LogP contribution in [0.1, 0.15) is 61.4 Å². The molecule has 31 heavy (non-hydrogen) atoms. The van der Waals surface area contributed by atoms with Crippen molar-refractivity contribution in [2.45, 2.75) is 75.8 Å². The number of carbonyl (C=O) groups is 2. The molecule has 0 aromatic heterocycles. The molecule has 4 rings (SSSR count). The van der Waals surface area contributed by atoms with E-state index >= 15 is 0 Å². The predicted molar refractivity (Wildman–Crippen MR) is 115 cm³/mol. The summed E-state index contributed by atoms with van der Waals surface area (Å²) in [5.74, 6) is 0.567. The third kappa shape index (κ3) is 5.19. The largest absolute Gasteiger partial charge is 0.493 e. The van der Waals surface area contributed by atoms with Gasteiger partial charge in [0.1, 0.15) is 11.9 Å². The lowest BCUT2D eigenvalue weighted by Gasteiger charge is -2.34. The lowest BCUT2D eigenvalue weighted by Crippen LogP contribution is -2.49. The van der Waals surface area contributed by atoms with Crippen LogP contribution in [0, 0.1) is 0 Å². The Hall–Kier alpha value is -2.16. The highest BCUT2D eigenvalue weighted by atomic mass is 16.5. The fraction of sp³-hybridized carbons (Fsp3) is 0.652. The van der Waals surface area contributed by atoms with Gasteiger partial charge in [-0.25, -0.2) is 0 Å². The SMILES string of the molecule is CC(C)c1ccc2c(c1)OCC[C@@H]1CC[C@H](O)[C@@H](CNC(=O)[C@@H]3C[C@@H](CN3)NC2=O)O1. The third-order valence-electron chi connectivity index (χ3n) is 6.46. The van der Waals surface area contributed by atoms with Gasteiger partial charge < -0.3 is 30.5 Å². The Morgan fingerprint density at radius 3 is 2.77 bits per heavy atom. The van der Waals surface area contributed by atoms with Gasteiger partial charge in [0.2, 0.25) is 5.91 Å². The first-order chi connectivity index (χ1) is 14.9. The minimum atomic E-state index is -0.589. The number of carbonyl (C=O) groups excluding carboxylic acids is 2. The molecule has 2 amide bonds. The van der Waals surface area contributed by atoms with Crippen molar-refractivity contribution in [3.63, 3.8) is 0 Å². The van der Waals surface area contributed by atoms with E-state index in [0.29, 0.717) is 49.6 Å². The molecule has 1 aromatic carbocycles. The van der Waals surface area contributed by atoms with Crippen molar-refractivity contribution >= 4 is 11.8 Å². The minimum Gasteiger partial charge on any atom is -0.493 e. The lowest BCUT2D eigenvalue weighted by molar-refractivity contribution is -0.131. The van der Waals surface area contributed by atoms with Gasteiger partial charge in [-0.2, -0.15) is 0 Å². The van der Waals surface area contributed by atoms with Crippen LogP contribution in [0.3, 0.4) is 0 Å². The molecule has 4 bridgehead atoms. The number of hydrogen-bond acceptors (Lipinski definition) is 6. The number of ether oxygens (including phenoxy) is 2. The zero-order valence-electron chi connectivity index (χ0n) is 18.2. The smallest absolute Gasteiger partial charge is 0.255 e. The maximum atomic E-state index is 13.0. The van der Waals surface area contributed by atoms with E-state index < -0.39 is 12.2 Å². The summed E-state index contributed by atoms with van der Waals surface area (Å²) < 4.78 is 12.1. The van der Waals surface area contributed by atoms with Crippen LogP contribution in [0.5, 0.6) is 5.75 Å². The van der Waals surface area contributed by atoms with E-state index in [1.54, 1.807) is 0 Å². The Labute approximate surface area is 183 Å². The molecule has 8 heteroatoms. The molecule has 5 atom stereocenters. The van der Waals surface area contributed by atoms with Gasteiger partial charge in [-0.1, -0.05) is 19.9 Å². The van der Waals surface area contributed by atoms with E-state index in [2.05, 4.69) is 29.8 Å². The Balaban J connectivity index is 1.57. The molecule has 3 heterocycles. The summed E-state index contributed by atoms with van der Waals surface area (Å²) >= 11 is 0. The molecule has 0 aliphatic carbocycles. The average Bonchev–Trinajstić information content (AvgIpc) is 3.21. The number of nitrogens with one attached hydrogen (secondary N) is 3. The number of hydrogen-bond donors (Lipinski definition) is 4. The van der Waals surface area contributed by atoms with E-state index in [-0.39, 0.29) is 36.5 Å². The van der Waals surface area contributed by atoms with Gasteiger partial charge in [-0.05, 0) is 42.9 Å². The molecule has 0 unspecified atom stereocenters. The van der Waals surface area contributed by atoms with Crippen molar-refractivity contribution in [3.8, 4) is 5.75 Å². The molecular weight excluding hydrogens is 398 g/mol. The van der Waals surface area contributed by atoms with Crippen molar-refractivity contribution in [2.75, 3.05) is 19.7 Å². The second-order valence-electron chi connectivity index (χ2n) is 9.10. The highest BCUT2D eigenvalue weighted by Gasteiger charge is 2.34. The van der Waals surface area contributed by atoms with Crippen molar-refractivity contribution in [3.05, 3.63) is 29.3 Å². The molecule has 3 aliphatic rings. The Morgan fingerprint density at radius 2 is 1.97 bits per heavy atom. The topological polar surface area (TPSA) is 109 Å². The second kappa shape index (κ2) is 9.54. The number of aliphatic hydroxyl groups is 1. The summed E-state index contributed by atoms with van der Waals surface area (Å²) in [4.78, 5) is 25.6. The number of amides is 2. The van der Waals surface area contributed by atoms with Crippen molar-refractivity contribution in [1.29, 1.82) is 0 Å². The molecule has 0 spiro atoms. The van der Waals surface area contributed by atoms with Crippen LogP contribution >= 0.6 is 0 Å². The molecule has 0 radical (unpaired) electrons. The molecule has 2 saturated heterocycles. The van der Waals surface area contributed by atoms with Gasteiger partial charge in [-0.3, -0.25) is 9.59 Å². The monoisotopic (exact) mass is 431 g/mol. The number of aliphatic hydroxyl groups excluding tert-OH is 1. The highest BCUT2D eigenvalue weighted by molar-refractivity contribution is 5.97. The molecule has 8 nitrogen and oxygen atoms in total. The van der Waals surface area contributed by atoms with Crippen LogP contribution in [-0.2, 0) is 9.53 Å². The van der Waals surface area contributed by atoms with Crippen LogP contribution in [-0.4, -0.2) is 67.0 Å². The summed E-state index contributed by atoms with van der Waals surface area (Å²) in [6.07, 6.45) is 1.45. The number of fused-ring (bicyclic) bond motifs is 5. The Bertz CT molecular complexity index is 814. The first kappa shape index (κ1) is 22.0. The molecule has 0 saturated carbocycles. The lowest BCUT2D eigenvalue weighted by atomic mass is 9.99. The predicted octanol–water partition coefficient (Wildman–Crippen LogP) is 1.08. The van der Waals surface area contributed by atoms with Crippen LogP contribution in [0.4, 0.5) is 0 Å². The maximum Gasteiger partial charge on any atom is 0.255 e. The zero-order chi connectivity index (χ0) is 22.0. The van der Waals surface area contributed by atoms with Crippen molar-refractivity contribution < 1.29 is 24.2 Å². The highest BCUT2D eigenvalue weighted by Crippen LogP contribution is 2.27. The van der Waals surface area contributed by atoms with E-state index in [1.165, 1.54) is 0 Å². The quantitative estimate of drug-likeness (QED) is 0.530. The summed E-state index contributed by atoms with van der Waals surface area (Å²) in [5.41, 5.74) is 1.61. The second-order valence-corrected chi connectivity index (χ2v) is 9.10. The van der Waals surface area contributed by atoms with E-state index in [9.17, 15) is 14.7 Å². The van der Waals surface area contributed by atoms with E-state index in [1.807, 2.05) is 18.2 Å². The normalized spacial score (nSPS) is 32.1. The number of benzene rings is 1. The van der Waals surface area contributed by atoms with Crippen LogP contribution in [0.15, 0.2) is 18.2 Å². The average molecular weight is 432 g/mol. The Morgan fingerprint density at radius 1 is 1.13 bits per heavy atom. The van der Waals surface area contributed by atoms with Gasteiger partial charge >= 0.3 is 0 Å². The zero-order valence-corrected chi connectivity index (χ0v) is 18.2. The third-order valence-corrected chi connectivity index (χ3v) is 6.46. The summed E-state index contributed by atoms with van der Waals surface area (Å²) in [6, 6.07) is 5.20. The molecule has 3 aliphatic heterocycles. The van der Waals surface area contributed by atoms with E-state index in [0.717, 1.165) is 12.0 Å². The van der Waals surface area contributed by atoms with E-state index in [4.69, 9.17) is 9.47 Å². The summed E-state index contributed by atoms with van der Waals surface area (Å²) in [6.45, 7) is 5.42. The van der Waals surface area contributed by atoms with Gasteiger partial charge in [0.05, 0.1) is 30.4 Å². The fourth-order valence-electron chi connectivity index (χ4n) is 4.48. The van der Waals surface area contributed by atoms with Gasteiger partial charge in [0.15, 0.2) is 0 Å². The van der Waals surface area contributed by atoms with Crippen LogP contribution < -0.4 is 20.7 Å². The Kier molecular flexibility index (Phi) is 6.79. The minimum absolute atomic E-state index is 0.0576. The van der Waals surface area contributed by atoms with Gasteiger partial charge in [-0.15, -0.1) is 0 Å². The molecule has 170 valence electrons. The fourth-order valence-corrected chi connectivity index (χ4v) is 4.48. The van der Waals surface area contributed by atoms with Gasteiger partial charge in [0, 0.05) is 25.6 Å². The van der Waals surface area contributed by atoms with Crippen molar-refractivity contribution in [2.24, 2.45) is 0 Å². The first-order valence-electron chi connectivity index (χ1n) is 11.3.